The second-order valence-corrected chi connectivity index (χ2v) is 4.74. The van der Waals surface area contributed by atoms with Gasteiger partial charge in [0.25, 0.3) is 0 Å². The van der Waals surface area contributed by atoms with Crippen molar-refractivity contribution < 1.29 is 13.2 Å². The molecule has 0 radical (unpaired) electrons. The summed E-state index contributed by atoms with van der Waals surface area (Å²) in [5.74, 6) is 1.32. The van der Waals surface area contributed by atoms with Gasteiger partial charge in [-0.1, -0.05) is 6.07 Å². The molecule has 0 aliphatic rings. The molecule has 0 aliphatic carbocycles. The first kappa shape index (κ1) is 14.3. The number of aromatic nitrogens is 5. The minimum absolute atomic E-state index is 0.320. The number of halogens is 3. The van der Waals surface area contributed by atoms with Crippen molar-refractivity contribution >= 4 is 0 Å². The van der Waals surface area contributed by atoms with Gasteiger partial charge in [0.1, 0.15) is 12.2 Å². The summed E-state index contributed by atoms with van der Waals surface area (Å²) in [6, 6.07) is 5.00. The normalized spacial score (nSPS) is 11.8. The summed E-state index contributed by atoms with van der Waals surface area (Å²) in [5, 5.41) is 4.02. The van der Waals surface area contributed by atoms with Gasteiger partial charge in [-0.15, -0.1) is 0 Å². The highest BCUT2D eigenvalue weighted by Crippen LogP contribution is 2.30. The maximum absolute atomic E-state index is 12.8. The lowest BCUT2D eigenvalue weighted by atomic mass is 10.2. The fourth-order valence-electron chi connectivity index (χ4n) is 2.13. The number of benzene rings is 1. The molecule has 2 heterocycles. The smallest absolute Gasteiger partial charge is 0.328 e. The highest BCUT2D eigenvalue weighted by atomic mass is 19.4. The van der Waals surface area contributed by atoms with Crippen molar-refractivity contribution in [3.8, 4) is 5.69 Å². The Labute approximate surface area is 124 Å². The van der Waals surface area contributed by atoms with Gasteiger partial charge in [0, 0.05) is 12.4 Å². The summed E-state index contributed by atoms with van der Waals surface area (Å²) in [6.45, 7) is 2.22. The van der Waals surface area contributed by atoms with Crippen molar-refractivity contribution in [3.63, 3.8) is 0 Å². The molecule has 0 N–H and O–H groups in total. The molecule has 0 saturated carbocycles. The van der Waals surface area contributed by atoms with Crippen LogP contribution in [-0.2, 0) is 12.7 Å². The minimum Gasteiger partial charge on any atom is -0.328 e. The number of nitrogens with zero attached hydrogens (tertiary/aromatic N) is 5. The molecule has 114 valence electrons. The lowest BCUT2D eigenvalue weighted by Crippen LogP contribution is -2.11. The van der Waals surface area contributed by atoms with Crippen LogP contribution in [0, 0.1) is 6.92 Å². The first-order chi connectivity index (χ1) is 10.4. The average Bonchev–Trinajstić information content (AvgIpc) is 3.09. The molecule has 0 atom stereocenters. The van der Waals surface area contributed by atoms with Crippen molar-refractivity contribution in [2.75, 3.05) is 0 Å². The summed E-state index contributed by atoms with van der Waals surface area (Å²) >= 11 is 0. The zero-order valence-corrected chi connectivity index (χ0v) is 11.6. The Balaban J connectivity index is 1.97. The Morgan fingerprint density at radius 2 is 2.00 bits per heavy atom. The molecular weight excluding hydrogens is 295 g/mol. The molecule has 0 spiro atoms. The van der Waals surface area contributed by atoms with Crippen LogP contribution < -0.4 is 0 Å². The second-order valence-electron chi connectivity index (χ2n) is 4.74. The van der Waals surface area contributed by atoms with E-state index < -0.39 is 11.7 Å². The van der Waals surface area contributed by atoms with Gasteiger partial charge in [0.05, 0.1) is 17.8 Å². The summed E-state index contributed by atoms with van der Waals surface area (Å²) in [4.78, 5) is 8.23. The van der Waals surface area contributed by atoms with Gasteiger partial charge in [-0.25, -0.2) is 14.6 Å². The van der Waals surface area contributed by atoms with E-state index in [4.69, 9.17) is 0 Å². The maximum atomic E-state index is 12.8. The minimum atomic E-state index is -4.39. The van der Waals surface area contributed by atoms with Crippen molar-refractivity contribution in [1.29, 1.82) is 0 Å². The van der Waals surface area contributed by atoms with Crippen LogP contribution in [0.5, 0.6) is 0 Å². The molecule has 0 fully saturated rings. The molecular formula is C14H12F3N5. The van der Waals surface area contributed by atoms with E-state index in [9.17, 15) is 13.2 Å². The molecule has 3 aromatic rings. The number of alkyl halides is 3. The molecule has 0 bridgehead atoms. The van der Waals surface area contributed by atoms with Crippen LogP contribution in [0.25, 0.3) is 5.69 Å². The third kappa shape index (κ3) is 2.72. The second kappa shape index (κ2) is 5.28. The molecule has 5 nitrogen and oxygen atoms in total. The predicted octanol–water partition coefficient (Wildman–Crippen LogP) is 2.84. The summed E-state index contributed by atoms with van der Waals surface area (Å²) in [7, 11) is 0. The van der Waals surface area contributed by atoms with E-state index in [0.717, 1.165) is 18.0 Å². The number of hydrogen-bond donors (Lipinski definition) is 0. The molecule has 0 amide bonds. The van der Waals surface area contributed by atoms with Crippen LogP contribution in [0.15, 0.2) is 43.0 Å². The summed E-state index contributed by atoms with van der Waals surface area (Å²) < 4.78 is 41.7. The topological polar surface area (TPSA) is 48.5 Å². The van der Waals surface area contributed by atoms with Crippen molar-refractivity contribution in [3.05, 3.63) is 60.2 Å². The molecule has 8 heteroatoms. The standard InChI is InChI=1S/C14H12F3N5/c1-10-18-5-6-21(10)8-13-19-9-20-22(13)12-4-2-3-11(7-12)14(15,16)17/h2-7,9H,8H2,1H3. The van der Waals surface area contributed by atoms with Gasteiger partial charge in [-0.2, -0.15) is 18.3 Å². The van der Waals surface area contributed by atoms with Crippen LogP contribution in [0.1, 0.15) is 17.2 Å². The monoisotopic (exact) mass is 307 g/mol. The van der Waals surface area contributed by atoms with Crippen molar-refractivity contribution in [2.24, 2.45) is 0 Å². The van der Waals surface area contributed by atoms with Crippen LogP contribution in [0.3, 0.4) is 0 Å². The molecule has 22 heavy (non-hydrogen) atoms. The van der Waals surface area contributed by atoms with Crippen LogP contribution >= 0.6 is 0 Å². The summed E-state index contributed by atoms with van der Waals surface area (Å²) in [5.41, 5.74) is -0.398. The zero-order valence-electron chi connectivity index (χ0n) is 11.6. The van der Waals surface area contributed by atoms with Crippen LogP contribution in [-0.4, -0.2) is 24.3 Å². The Bertz CT molecular complexity index is 788. The third-order valence-electron chi connectivity index (χ3n) is 3.27. The van der Waals surface area contributed by atoms with Crippen LogP contribution in [0.2, 0.25) is 0 Å². The maximum Gasteiger partial charge on any atom is 0.416 e. The number of hydrogen-bond acceptors (Lipinski definition) is 3. The van der Waals surface area contributed by atoms with Gasteiger partial charge in [0.15, 0.2) is 5.82 Å². The average molecular weight is 307 g/mol. The van der Waals surface area contributed by atoms with E-state index in [1.54, 1.807) is 18.5 Å². The zero-order chi connectivity index (χ0) is 15.7. The quantitative estimate of drug-likeness (QED) is 0.747. The van der Waals surface area contributed by atoms with E-state index in [1.807, 2.05) is 11.5 Å². The van der Waals surface area contributed by atoms with E-state index in [1.165, 1.54) is 17.1 Å². The predicted molar refractivity (Wildman–Crippen MR) is 72.4 cm³/mol. The third-order valence-corrected chi connectivity index (χ3v) is 3.27. The number of aryl methyl sites for hydroxylation is 1. The van der Waals surface area contributed by atoms with E-state index >= 15 is 0 Å². The van der Waals surface area contributed by atoms with Gasteiger partial charge in [0.2, 0.25) is 0 Å². The van der Waals surface area contributed by atoms with Crippen molar-refractivity contribution in [1.82, 2.24) is 24.3 Å². The van der Waals surface area contributed by atoms with E-state index in [-0.39, 0.29) is 0 Å². The lowest BCUT2D eigenvalue weighted by Gasteiger charge is -2.11. The van der Waals surface area contributed by atoms with E-state index in [2.05, 4.69) is 15.1 Å². The molecule has 3 rings (SSSR count). The van der Waals surface area contributed by atoms with Gasteiger partial charge in [-0.05, 0) is 25.1 Å². The number of imidazole rings is 1. The Morgan fingerprint density at radius 3 is 2.68 bits per heavy atom. The van der Waals surface area contributed by atoms with Gasteiger partial charge < -0.3 is 4.57 Å². The fourth-order valence-corrected chi connectivity index (χ4v) is 2.13. The highest BCUT2D eigenvalue weighted by molar-refractivity contribution is 5.37. The van der Waals surface area contributed by atoms with Crippen LogP contribution in [0.4, 0.5) is 13.2 Å². The first-order valence-corrected chi connectivity index (χ1v) is 6.49. The highest BCUT2D eigenvalue weighted by Gasteiger charge is 2.30. The van der Waals surface area contributed by atoms with Gasteiger partial charge >= 0.3 is 6.18 Å². The molecule has 1 aromatic carbocycles. The first-order valence-electron chi connectivity index (χ1n) is 6.49. The Hall–Kier alpha value is -2.64. The Morgan fingerprint density at radius 1 is 1.18 bits per heavy atom. The largest absolute Gasteiger partial charge is 0.416 e. The Kier molecular flexibility index (Phi) is 3.44. The molecule has 0 aliphatic heterocycles. The molecule has 0 saturated heterocycles. The SMILES string of the molecule is Cc1nccn1Cc1ncnn1-c1cccc(C(F)(F)F)c1. The molecule has 2 aromatic heterocycles. The lowest BCUT2D eigenvalue weighted by molar-refractivity contribution is -0.137. The van der Waals surface area contributed by atoms with E-state index in [0.29, 0.717) is 18.1 Å². The van der Waals surface area contributed by atoms with Crippen molar-refractivity contribution in [2.45, 2.75) is 19.6 Å². The molecule has 0 unspecified atom stereocenters. The summed E-state index contributed by atoms with van der Waals surface area (Å²) in [6.07, 6.45) is 0.361. The van der Waals surface area contributed by atoms with Gasteiger partial charge in [-0.3, -0.25) is 0 Å². The fraction of sp³-hybridized carbons (Fsp3) is 0.214. The number of rotatable bonds is 3.